The number of ether oxygens (including phenoxy) is 1. The number of carbonyl (C=O) groups excluding carboxylic acids is 1. The van der Waals surface area contributed by atoms with Crippen LogP contribution in [0.4, 0.5) is 10.1 Å². The standard InChI is InChI=1S/C11H15FN2O2/c1-7(3-11(13)15)14-9-4-8(12)5-10(6-9)16-2/h4-7,14H,3H2,1-2H3,(H2,13,15). The normalized spacial score (nSPS) is 11.9. The quantitative estimate of drug-likeness (QED) is 0.799. The van der Waals surface area contributed by atoms with Crippen LogP contribution in [0, 0.1) is 5.82 Å². The SMILES string of the molecule is COc1cc(F)cc(NC(C)CC(N)=O)c1. The molecule has 0 aliphatic carbocycles. The van der Waals surface area contributed by atoms with Crippen molar-refractivity contribution >= 4 is 11.6 Å². The Bertz CT molecular complexity index is 382. The van der Waals surface area contributed by atoms with Crippen molar-refractivity contribution in [3.63, 3.8) is 0 Å². The fourth-order valence-electron chi connectivity index (χ4n) is 1.40. The molecule has 1 rings (SSSR count). The molecule has 0 radical (unpaired) electrons. The number of halogens is 1. The van der Waals surface area contributed by atoms with E-state index in [0.717, 1.165) is 0 Å². The highest BCUT2D eigenvalue weighted by molar-refractivity contribution is 5.74. The molecule has 5 heteroatoms. The number of carbonyl (C=O) groups is 1. The van der Waals surface area contributed by atoms with E-state index in [2.05, 4.69) is 5.32 Å². The molecule has 88 valence electrons. The van der Waals surface area contributed by atoms with Gasteiger partial charge in [0.15, 0.2) is 0 Å². The molecule has 4 nitrogen and oxygen atoms in total. The lowest BCUT2D eigenvalue weighted by Crippen LogP contribution is -2.24. The van der Waals surface area contributed by atoms with Gasteiger partial charge in [0.2, 0.25) is 5.91 Å². The van der Waals surface area contributed by atoms with Crippen LogP contribution in [0.2, 0.25) is 0 Å². The number of hydrogen-bond acceptors (Lipinski definition) is 3. The van der Waals surface area contributed by atoms with E-state index in [4.69, 9.17) is 10.5 Å². The van der Waals surface area contributed by atoms with Crippen LogP contribution in [0.25, 0.3) is 0 Å². The van der Waals surface area contributed by atoms with Gasteiger partial charge in [0.1, 0.15) is 11.6 Å². The second kappa shape index (κ2) is 5.34. The van der Waals surface area contributed by atoms with Crippen LogP contribution in [-0.2, 0) is 4.79 Å². The number of primary amides is 1. The first-order valence-electron chi connectivity index (χ1n) is 4.90. The zero-order valence-corrected chi connectivity index (χ0v) is 9.29. The van der Waals surface area contributed by atoms with E-state index >= 15 is 0 Å². The molecule has 0 saturated carbocycles. The number of hydrogen-bond donors (Lipinski definition) is 2. The average molecular weight is 226 g/mol. The second-order valence-corrected chi connectivity index (χ2v) is 3.60. The predicted octanol–water partition coefficient (Wildman–Crippen LogP) is 1.51. The van der Waals surface area contributed by atoms with Gasteiger partial charge in [-0.2, -0.15) is 0 Å². The topological polar surface area (TPSA) is 64.3 Å². The predicted molar refractivity (Wildman–Crippen MR) is 59.8 cm³/mol. The van der Waals surface area contributed by atoms with Gasteiger partial charge in [-0.15, -0.1) is 0 Å². The fraction of sp³-hybridized carbons (Fsp3) is 0.364. The van der Waals surface area contributed by atoms with Gasteiger partial charge >= 0.3 is 0 Å². The number of methoxy groups -OCH3 is 1. The molecule has 16 heavy (non-hydrogen) atoms. The summed E-state index contributed by atoms with van der Waals surface area (Å²) in [6.07, 6.45) is 0.193. The third-order valence-electron chi connectivity index (χ3n) is 2.03. The van der Waals surface area contributed by atoms with Crippen LogP contribution in [0.15, 0.2) is 18.2 Å². The number of nitrogens with two attached hydrogens (primary N) is 1. The minimum absolute atomic E-state index is 0.149. The molecule has 0 spiro atoms. The maximum Gasteiger partial charge on any atom is 0.219 e. The highest BCUT2D eigenvalue weighted by atomic mass is 19.1. The molecule has 1 atom stereocenters. The maximum absolute atomic E-state index is 13.1. The van der Waals surface area contributed by atoms with E-state index in [1.165, 1.54) is 19.2 Å². The first-order chi connectivity index (χ1) is 7.51. The maximum atomic E-state index is 13.1. The molecular formula is C11H15FN2O2. The molecule has 1 amide bonds. The first kappa shape index (κ1) is 12.3. The van der Waals surface area contributed by atoms with Crippen LogP contribution in [-0.4, -0.2) is 19.1 Å². The zero-order valence-electron chi connectivity index (χ0n) is 9.29. The van der Waals surface area contributed by atoms with Crippen molar-refractivity contribution in [3.8, 4) is 5.75 Å². The lowest BCUT2D eigenvalue weighted by atomic mass is 10.2. The Balaban J connectivity index is 2.72. The number of nitrogens with one attached hydrogen (secondary N) is 1. The molecule has 0 aliphatic rings. The molecule has 0 saturated heterocycles. The second-order valence-electron chi connectivity index (χ2n) is 3.60. The van der Waals surface area contributed by atoms with Gasteiger partial charge in [-0.05, 0) is 13.0 Å². The highest BCUT2D eigenvalue weighted by Crippen LogP contribution is 2.20. The van der Waals surface area contributed by atoms with Crippen LogP contribution >= 0.6 is 0 Å². The van der Waals surface area contributed by atoms with Crippen LogP contribution in [0.1, 0.15) is 13.3 Å². The Kier molecular flexibility index (Phi) is 4.10. The van der Waals surface area contributed by atoms with E-state index < -0.39 is 11.7 Å². The van der Waals surface area contributed by atoms with Crippen LogP contribution < -0.4 is 15.8 Å². The Morgan fingerprint density at radius 3 is 2.81 bits per heavy atom. The Labute approximate surface area is 93.6 Å². The summed E-state index contributed by atoms with van der Waals surface area (Å²) in [6, 6.07) is 4.12. The summed E-state index contributed by atoms with van der Waals surface area (Å²) in [5.41, 5.74) is 5.62. The number of benzene rings is 1. The summed E-state index contributed by atoms with van der Waals surface area (Å²) < 4.78 is 18.0. The molecule has 1 unspecified atom stereocenters. The summed E-state index contributed by atoms with van der Waals surface area (Å²) >= 11 is 0. The first-order valence-corrected chi connectivity index (χ1v) is 4.90. The van der Waals surface area contributed by atoms with Crippen LogP contribution in [0.5, 0.6) is 5.75 Å². The van der Waals surface area contributed by atoms with Gasteiger partial charge in [0, 0.05) is 30.3 Å². The lowest BCUT2D eigenvalue weighted by Gasteiger charge is -2.14. The van der Waals surface area contributed by atoms with Crippen molar-refractivity contribution in [2.24, 2.45) is 5.73 Å². The van der Waals surface area contributed by atoms with Gasteiger partial charge in [-0.25, -0.2) is 4.39 Å². The molecule has 0 aliphatic heterocycles. The van der Waals surface area contributed by atoms with Crippen molar-refractivity contribution in [1.29, 1.82) is 0 Å². The Morgan fingerprint density at radius 2 is 2.25 bits per heavy atom. The molecule has 1 aromatic carbocycles. The van der Waals surface area contributed by atoms with E-state index in [1.807, 2.05) is 0 Å². The molecule has 0 aromatic heterocycles. The summed E-state index contributed by atoms with van der Waals surface area (Å²) in [7, 11) is 1.46. The number of amides is 1. The van der Waals surface area contributed by atoms with Gasteiger partial charge in [0.25, 0.3) is 0 Å². The molecule has 1 aromatic rings. The van der Waals surface area contributed by atoms with Gasteiger partial charge in [-0.1, -0.05) is 0 Å². The summed E-state index contributed by atoms with van der Waals surface area (Å²) in [4.78, 5) is 10.7. The molecule has 0 fully saturated rings. The van der Waals surface area contributed by atoms with Gasteiger partial charge in [0.05, 0.1) is 7.11 Å². The third-order valence-corrected chi connectivity index (χ3v) is 2.03. The Hall–Kier alpha value is -1.78. The molecule has 3 N–H and O–H groups in total. The largest absolute Gasteiger partial charge is 0.497 e. The smallest absolute Gasteiger partial charge is 0.219 e. The van der Waals surface area contributed by atoms with Gasteiger partial charge < -0.3 is 15.8 Å². The van der Waals surface area contributed by atoms with Crippen molar-refractivity contribution in [1.82, 2.24) is 0 Å². The van der Waals surface area contributed by atoms with Crippen molar-refractivity contribution in [2.45, 2.75) is 19.4 Å². The van der Waals surface area contributed by atoms with Crippen LogP contribution in [0.3, 0.4) is 0 Å². The van der Waals surface area contributed by atoms with E-state index in [1.54, 1.807) is 13.0 Å². The van der Waals surface area contributed by atoms with Crippen molar-refractivity contribution < 1.29 is 13.9 Å². The van der Waals surface area contributed by atoms with E-state index in [9.17, 15) is 9.18 Å². The van der Waals surface area contributed by atoms with E-state index in [0.29, 0.717) is 11.4 Å². The summed E-state index contributed by atoms with van der Waals surface area (Å²) in [5, 5.41) is 2.97. The minimum Gasteiger partial charge on any atom is -0.497 e. The minimum atomic E-state index is -0.400. The fourth-order valence-corrected chi connectivity index (χ4v) is 1.40. The Morgan fingerprint density at radius 1 is 1.56 bits per heavy atom. The highest BCUT2D eigenvalue weighted by Gasteiger charge is 2.07. The molecular weight excluding hydrogens is 211 g/mol. The average Bonchev–Trinajstić information content (AvgIpc) is 2.14. The monoisotopic (exact) mass is 226 g/mol. The number of rotatable bonds is 5. The third kappa shape index (κ3) is 3.76. The zero-order chi connectivity index (χ0) is 12.1. The lowest BCUT2D eigenvalue weighted by molar-refractivity contribution is -0.118. The van der Waals surface area contributed by atoms with Crippen molar-refractivity contribution in [3.05, 3.63) is 24.0 Å². The summed E-state index contributed by atoms with van der Waals surface area (Å²) in [5.74, 6) is -0.370. The van der Waals surface area contributed by atoms with Gasteiger partial charge in [-0.3, -0.25) is 4.79 Å². The summed E-state index contributed by atoms with van der Waals surface area (Å²) in [6.45, 7) is 1.79. The molecule has 0 bridgehead atoms. The molecule has 0 heterocycles. The van der Waals surface area contributed by atoms with E-state index in [-0.39, 0.29) is 12.5 Å². The number of anilines is 1. The van der Waals surface area contributed by atoms with Crippen molar-refractivity contribution in [2.75, 3.05) is 12.4 Å².